The van der Waals surface area contributed by atoms with Crippen molar-refractivity contribution in [3.05, 3.63) is 63.4 Å². The summed E-state index contributed by atoms with van der Waals surface area (Å²) in [5.41, 5.74) is 1.61. The zero-order valence-electron chi connectivity index (χ0n) is 12.2. The molecule has 0 fully saturated rings. The number of hydrogen-bond acceptors (Lipinski definition) is 4. The first-order valence-electron chi connectivity index (χ1n) is 6.88. The molecular formula is C16H19NO4. The summed E-state index contributed by atoms with van der Waals surface area (Å²) in [6.45, 7) is 0. The smallest absolute Gasteiger partial charge is 0.282 e. The SMILES string of the molecule is COc1ccc(C(OC)/C(=C2\C=CCCC2)[N+](=O)[O-])cc1. The highest BCUT2D eigenvalue weighted by atomic mass is 16.6. The number of methoxy groups -OCH3 is 2. The first-order valence-corrected chi connectivity index (χ1v) is 6.88. The van der Waals surface area contributed by atoms with E-state index in [9.17, 15) is 10.1 Å². The Morgan fingerprint density at radius 3 is 2.48 bits per heavy atom. The normalized spacial score (nSPS) is 18.2. The van der Waals surface area contributed by atoms with E-state index in [1.807, 2.05) is 12.2 Å². The predicted octanol–water partition coefficient (Wildman–Crippen LogP) is 3.65. The molecule has 1 aliphatic carbocycles. The van der Waals surface area contributed by atoms with E-state index in [1.165, 1.54) is 7.11 Å². The summed E-state index contributed by atoms with van der Waals surface area (Å²) in [5, 5.41) is 11.5. The Morgan fingerprint density at radius 1 is 1.29 bits per heavy atom. The lowest BCUT2D eigenvalue weighted by Gasteiger charge is -2.17. The Bertz CT molecular complexity index is 560. The van der Waals surface area contributed by atoms with Crippen LogP contribution in [0.15, 0.2) is 47.7 Å². The van der Waals surface area contributed by atoms with E-state index in [2.05, 4.69) is 0 Å². The van der Waals surface area contributed by atoms with Crippen molar-refractivity contribution in [1.82, 2.24) is 0 Å². The number of nitrogens with zero attached hydrogens (tertiary/aromatic N) is 1. The molecule has 0 bridgehead atoms. The molecule has 5 nitrogen and oxygen atoms in total. The Kier molecular flexibility index (Phi) is 5.11. The lowest BCUT2D eigenvalue weighted by atomic mass is 9.95. The molecule has 1 aromatic rings. The highest BCUT2D eigenvalue weighted by Crippen LogP contribution is 2.32. The van der Waals surface area contributed by atoms with Crippen molar-refractivity contribution < 1.29 is 14.4 Å². The fraction of sp³-hybridized carbons (Fsp3) is 0.375. The standard InChI is InChI=1S/C16H19NO4/c1-20-14-10-8-13(9-11-14)16(21-2)15(17(18)19)12-6-4-3-5-7-12/h4,6,8-11,16H,3,5,7H2,1-2H3/b15-12-. The minimum absolute atomic E-state index is 0.124. The van der Waals surface area contributed by atoms with Gasteiger partial charge in [-0.1, -0.05) is 24.3 Å². The van der Waals surface area contributed by atoms with Gasteiger partial charge in [0.2, 0.25) is 0 Å². The molecule has 5 heteroatoms. The summed E-state index contributed by atoms with van der Waals surface area (Å²) in [7, 11) is 3.07. The Hall–Kier alpha value is -2.14. The van der Waals surface area contributed by atoms with Crippen LogP contribution in [-0.4, -0.2) is 19.1 Å². The van der Waals surface area contributed by atoms with Crippen molar-refractivity contribution in [2.75, 3.05) is 14.2 Å². The number of rotatable bonds is 5. The van der Waals surface area contributed by atoms with Crippen LogP contribution in [0.2, 0.25) is 0 Å². The van der Waals surface area contributed by atoms with Crippen molar-refractivity contribution in [2.24, 2.45) is 0 Å². The fourth-order valence-electron chi connectivity index (χ4n) is 2.50. The van der Waals surface area contributed by atoms with Gasteiger partial charge >= 0.3 is 0 Å². The molecule has 1 aliphatic rings. The summed E-state index contributed by atoms with van der Waals surface area (Å²) < 4.78 is 10.5. The molecule has 0 aliphatic heterocycles. The van der Waals surface area contributed by atoms with E-state index in [-0.39, 0.29) is 10.6 Å². The maximum Gasteiger partial charge on any atom is 0.282 e. The van der Waals surface area contributed by atoms with Gasteiger partial charge in [0, 0.05) is 12.7 Å². The van der Waals surface area contributed by atoms with Gasteiger partial charge in [-0.15, -0.1) is 0 Å². The van der Waals surface area contributed by atoms with Gasteiger partial charge in [-0.05, 0) is 37.0 Å². The average molecular weight is 289 g/mol. The zero-order valence-corrected chi connectivity index (χ0v) is 12.2. The van der Waals surface area contributed by atoms with Gasteiger partial charge in [0.15, 0.2) is 6.10 Å². The van der Waals surface area contributed by atoms with Gasteiger partial charge in [-0.2, -0.15) is 0 Å². The molecule has 0 saturated heterocycles. The number of hydrogen-bond donors (Lipinski definition) is 0. The van der Waals surface area contributed by atoms with Crippen molar-refractivity contribution in [1.29, 1.82) is 0 Å². The second-order valence-corrected chi connectivity index (χ2v) is 4.85. The maximum atomic E-state index is 11.5. The first kappa shape index (κ1) is 15.3. The monoisotopic (exact) mass is 289 g/mol. The van der Waals surface area contributed by atoms with Gasteiger partial charge in [0.1, 0.15) is 5.75 Å². The molecule has 21 heavy (non-hydrogen) atoms. The number of allylic oxidation sites excluding steroid dienone is 3. The summed E-state index contributed by atoms with van der Waals surface area (Å²) in [4.78, 5) is 11.2. The van der Waals surface area contributed by atoms with Gasteiger partial charge in [-0.25, -0.2) is 0 Å². The molecule has 0 amide bonds. The number of ether oxygens (including phenoxy) is 2. The van der Waals surface area contributed by atoms with Crippen LogP contribution in [0, 0.1) is 10.1 Å². The maximum absolute atomic E-state index is 11.5. The zero-order chi connectivity index (χ0) is 15.2. The minimum atomic E-state index is -0.677. The van der Waals surface area contributed by atoms with Crippen LogP contribution in [-0.2, 0) is 4.74 Å². The highest BCUT2D eigenvalue weighted by molar-refractivity contribution is 5.35. The van der Waals surface area contributed by atoms with Gasteiger partial charge in [-0.3, -0.25) is 10.1 Å². The third-order valence-electron chi connectivity index (χ3n) is 3.56. The van der Waals surface area contributed by atoms with Crippen LogP contribution in [0.3, 0.4) is 0 Å². The molecular weight excluding hydrogens is 270 g/mol. The third kappa shape index (κ3) is 3.49. The molecule has 112 valence electrons. The summed E-state index contributed by atoms with van der Waals surface area (Å²) in [6, 6.07) is 7.15. The molecule has 0 N–H and O–H groups in total. The molecule has 0 aromatic heterocycles. The molecule has 0 saturated carbocycles. The Morgan fingerprint density at radius 2 is 2.00 bits per heavy atom. The Labute approximate surface area is 124 Å². The molecule has 0 radical (unpaired) electrons. The van der Waals surface area contributed by atoms with E-state index in [1.54, 1.807) is 31.4 Å². The average Bonchev–Trinajstić information content (AvgIpc) is 2.53. The second kappa shape index (κ2) is 7.04. The second-order valence-electron chi connectivity index (χ2n) is 4.85. The fourth-order valence-corrected chi connectivity index (χ4v) is 2.50. The molecule has 0 spiro atoms. The molecule has 1 unspecified atom stereocenters. The van der Waals surface area contributed by atoms with E-state index >= 15 is 0 Å². The van der Waals surface area contributed by atoms with E-state index in [0.717, 1.165) is 24.0 Å². The van der Waals surface area contributed by atoms with Gasteiger partial charge in [0.25, 0.3) is 5.70 Å². The van der Waals surface area contributed by atoms with Crippen LogP contribution in [0.5, 0.6) is 5.75 Å². The summed E-state index contributed by atoms with van der Waals surface area (Å²) >= 11 is 0. The molecule has 1 aromatic carbocycles. The lowest BCUT2D eigenvalue weighted by Crippen LogP contribution is -2.15. The van der Waals surface area contributed by atoms with Crippen molar-refractivity contribution in [3.63, 3.8) is 0 Å². The quantitative estimate of drug-likeness (QED) is 0.613. The molecule has 1 atom stereocenters. The van der Waals surface area contributed by atoms with E-state index in [0.29, 0.717) is 12.2 Å². The van der Waals surface area contributed by atoms with Crippen LogP contribution in [0.1, 0.15) is 30.9 Å². The van der Waals surface area contributed by atoms with Crippen LogP contribution in [0.4, 0.5) is 0 Å². The number of nitro groups is 1. The topological polar surface area (TPSA) is 61.6 Å². The van der Waals surface area contributed by atoms with Crippen molar-refractivity contribution in [3.8, 4) is 5.75 Å². The number of benzene rings is 1. The van der Waals surface area contributed by atoms with E-state index in [4.69, 9.17) is 9.47 Å². The lowest BCUT2D eigenvalue weighted by molar-refractivity contribution is -0.438. The van der Waals surface area contributed by atoms with Crippen LogP contribution < -0.4 is 4.74 Å². The predicted molar refractivity (Wildman–Crippen MR) is 79.8 cm³/mol. The minimum Gasteiger partial charge on any atom is -0.497 e. The highest BCUT2D eigenvalue weighted by Gasteiger charge is 2.30. The molecule has 0 heterocycles. The van der Waals surface area contributed by atoms with Gasteiger partial charge in [0.05, 0.1) is 12.0 Å². The van der Waals surface area contributed by atoms with Crippen molar-refractivity contribution >= 4 is 0 Å². The summed E-state index contributed by atoms with van der Waals surface area (Å²) in [6.07, 6.45) is 5.75. The van der Waals surface area contributed by atoms with Crippen LogP contribution in [0.25, 0.3) is 0 Å². The summed E-state index contributed by atoms with van der Waals surface area (Å²) in [5.74, 6) is 0.710. The van der Waals surface area contributed by atoms with E-state index < -0.39 is 6.10 Å². The van der Waals surface area contributed by atoms with Crippen molar-refractivity contribution in [2.45, 2.75) is 25.4 Å². The first-order chi connectivity index (χ1) is 10.2. The van der Waals surface area contributed by atoms with Gasteiger partial charge < -0.3 is 9.47 Å². The third-order valence-corrected chi connectivity index (χ3v) is 3.56. The molecule has 2 rings (SSSR count). The Balaban J connectivity index is 2.42. The van der Waals surface area contributed by atoms with Crippen LogP contribution >= 0.6 is 0 Å². The largest absolute Gasteiger partial charge is 0.497 e.